The molecule has 6 nitrogen and oxygen atoms in total. The van der Waals surface area contributed by atoms with E-state index >= 15 is 0 Å². The topological polar surface area (TPSA) is 79.2 Å². The molecule has 1 unspecified atom stereocenters. The summed E-state index contributed by atoms with van der Waals surface area (Å²) in [7, 11) is 0. The Morgan fingerprint density at radius 1 is 1.59 bits per heavy atom. The van der Waals surface area contributed by atoms with Crippen molar-refractivity contribution >= 4 is 23.3 Å². The van der Waals surface area contributed by atoms with Crippen molar-refractivity contribution in [3.63, 3.8) is 0 Å². The zero-order valence-electron chi connectivity index (χ0n) is 9.06. The number of H-pyrrole nitrogens is 1. The van der Waals surface area contributed by atoms with Gasteiger partial charge in [-0.2, -0.15) is 0 Å². The smallest absolute Gasteiger partial charge is 0.321 e. The van der Waals surface area contributed by atoms with Crippen molar-refractivity contribution in [3.8, 4) is 0 Å². The van der Waals surface area contributed by atoms with Crippen LogP contribution in [0.3, 0.4) is 0 Å². The quantitative estimate of drug-likeness (QED) is 0.498. The number of hydrogen-bond donors (Lipinski definition) is 1. The Kier molecular flexibility index (Phi) is 3.33. The number of nitrogens with zero attached hydrogens (tertiary/aromatic N) is 2. The normalized spacial score (nSPS) is 20.3. The Balaban J connectivity index is 2.10. The summed E-state index contributed by atoms with van der Waals surface area (Å²) in [6.07, 6.45) is 1.76. The minimum Gasteiger partial charge on any atom is -0.358 e. The highest BCUT2D eigenvalue weighted by Crippen LogP contribution is 2.18. The molecule has 1 aliphatic rings. The molecular weight excluding hydrogens is 246 g/mol. The van der Waals surface area contributed by atoms with Gasteiger partial charge in [-0.1, -0.05) is 0 Å². The van der Waals surface area contributed by atoms with E-state index in [1.165, 1.54) is 12.1 Å². The lowest BCUT2D eigenvalue weighted by atomic mass is 10.1. The third-order valence-electron chi connectivity index (χ3n) is 2.75. The molecule has 1 aromatic rings. The summed E-state index contributed by atoms with van der Waals surface area (Å²) >= 11 is 5.99. The van der Waals surface area contributed by atoms with E-state index in [1.807, 2.05) is 0 Å². The van der Waals surface area contributed by atoms with E-state index in [4.69, 9.17) is 11.6 Å². The first-order chi connectivity index (χ1) is 8.08. The van der Waals surface area contributed by atoms with Gasteiger partial charge in [0.2, 0.25) is 0 Å². The van der Waals surface area contributed by atoms with Crippen LogP contribution in [-0.4, -0.2) is 39.2 Å². The molecular formula is C10H12ClN3O3. The molecule has 1 N–H and O–H groups in total. The number of aromatic nitrogens is 1. The number of amides is 1. The maximum Gasteiger partial charge on any atom is 0.321 e. The average molecular weight is 258 g/mol. The van der Waals surface area contributed by atoms with Gasteiger partial charge in [-0.05, 0) is 23.8 Å². The molecule has 1 saturated heterocycles. The maximum absolute atomic E-state index is 12.0. The van der Waals surface area contributed by atoms with Crippen LogP contribution in [0.25, 0.3) is 0 Å². The zero-order chi connectivity index (χ0) is 12.4. The van der Waals surface area contributed by atoms with Gasteiger partial charge in [0.15, 0.2) is 5.69 Å². The molecule has 0 aliphatic carbocycles. The van der Waals surface area contributed by atoms with E-state index in [2.05, 4.69) is 4.98 Å². The summed E-state index contributed by atoms with van der Waals surface area (Å²) in [4.78, 5) is 26.0. The van der Waals surface area contributed by atoms with Crippen molar-refractivity contribution in [1.82, 2.24) is 9.88 Å². The van der Waals surface area contributed by atoms with Crippen LogP contribution in [0.4, 0.5) is 5.82 Å². The number of halogens is 1. The number of carbonyl (C=O) groups excluding carboxylic acids is 1. The molecule has 1 aromatic heterocycles. The first-order valence-corrected chi connectivity index (χ1v) is 5.78. The van der Waals surface area contributed by atoms with Crippen LogP contribution in [0, 0.1) is 10.1 Å². The summed E-state index contributed by atoms with van der Waals surface area (Å²) in [5.74, 6) is -0.406. The van der Waals surface area contributed by atoms with Crippen molar-refractivity contribution in [1.29, 1.82) is 0 Å². The fourth-order valence-corrected chi connectivity index (χ4v) is 2.22. The van der Waals surface area contributed by atoms with Gasteiger partial charge in [0.25, 0.3) is 5.91 Å². The van der Waals surface area contributed by atoms with E-state index in [-0.39, 0.29) is 22.8 Å². The van der Waals surface area contributed by atoms with Crippen LogP contribution in [0.5, 0.6) is 0 Å². The van der Waals surface area contributed by atoms with Crippen LogP contribution in [0.15, 0.2) is 12.1 Å². The van der Waals surface area contributed by atoms with E-state index in [1.54, 1.807) is 4.90 Å². The molecule has 2 rings (SSSR count). The van der Waals surface area contributed by atoms with Crippen molar-refractivity contribution < 1.29 is 9.72 Å². The van der Waals surface area contributed by atoms with Crippen LogP contribution in [0.1, 0.15) is 23.3 Å². The minimum atomic E-state index is -0.558. The highest BCUT2D eigenvalue weighted by molar-refractivity contribution is 6.21. The number of likely N-dealkylation sites (tertiary alicyclic amines) is 1. The third-order valence-corrected chi connectivity index (χ3v) is 3.11. The fourth-order valence-electron chi connectivity index (χ4n) is 1.89. The van der Waals surface area contributed by atoms with Crippen LogP contribution >= 0.6 is 11.6 Å². The van der Waals surface area contributed by atoms with Gasteiger partial charge < -0.3 is 15.0 Å². The third kappa shape index (κ3) is 2.58. The number of nitro groups is 1. The molecule has 0 spiro atoms. The van der Waals surface area contributed by atoms with Crippen molar-refractivity contribution in [3.05, 3.63) is 27.9 Å². The highest BCUT2D eigenvalue weighted by atomic mass is 35.5. The van der Waals surface area contributed by atoms with Gasteiger partial charge in [0.05, 0.1) is 5.38 Å². The van der Waals surface area contributed by atoms with E-state index < -0.39 is 4.92 Å². The Bertz CT molecular complexity index is 446. The summed E-state index contributed by atoms with van der Waals surface area (Å²) in [6.45, 7) is 1.14. The van der Waals surface area contributed by atoms with Gasteiger partial charge in [-0.15, -0.1) is 11.6 Å². The van der Waals surface area contributed by atoms with Crippen LogP contribution in [0.2, 0.25) is 0 Å². The van der Waals surface area contributed by atoms with Gasteiger partial charge in [0.1, 0.15) is 0 Å². The van der Waals surface area contributed by atoms with Crippen molar-refractivity contribution in [2.75, 3.05) is 13.1 Å². The molecule has 7 heteroatoms. The molecule has 1 fully saturated rings. The monoisotopic (exact) mass is 257 g/mol. The summed E-state index contributed by atoms with van der Waals surface area (Å²) in [5.41, 5.74) is 0.238. The van der Waals surface area contributed by atoms with Gasteiger partial charge in [-0.3, -0.25) is 4.79 Å². The summed E-state index contributed by atoms with van der Waals surface area (Å²) in [5, 5.41) is 10.5. The summed E-state index contributed by atoms with van der Waals surface area (Å²) < 4.78 is 0. The molecule has 0 radical (unpaired) electrons. The predicted molar refractivity (Wildman–Crippen MR) is 62.2 cm³/mol. The molecule has 0 aromatic carbocycles. The second-order valence-electron chi connectivity index (χ2n) is 4.01. The number of piperidine rings is 1. The number of nitrogens with one attached hydrogen (secondary N) is 1. The number of hydrogen-bond acceptors (Lipinski definition) is 3. The SMILES string of the molecule is O=C(c1ccc([N+](=O)[O-])[nH]1)N1CCCC(Cl)C1. The molecule has 92 valence electrons. The first-order valence-electron chi connectivity index (χ1n) is 5.34. The second kappa shape index (κ2) is 4.75. The predicted octanol–water partition coefficient (Wildman–Crippen LogP) is 1.77. The lowest BCUT2D eigenvalue weighted by molar-refractivity contribution is -0.389. The highest BCUT2D eigenvalue weighted by Gasteiger charge is 2.26. The van der Waals surface area contributed by atoms with Gasteiger partial charge in [0, 0.05) is 19.2 Å². The molecule has 2 heterocycles. The lowest BCUT2D eigenvalue weighted by Crippen LogP contribution is -2.40. The maximum atomic E-state index is 12.0. The molecule has 0 saturated carbocycles. The molecule has 17 heavy (non-hydrogen) atoms. The van der Waals surface area contributed by atoms with Crippen LogP contribution in [-0.2, 0) is 0 Å². The number of rotatable bonds is 2. The summed E-state index contributed by atoms with van der Waals surface area (Å²) in [6, 6.07) is 2.72. The Morgan fingerprint density at radius 2 is 2.35 bits per heavy atom. The lowest BCUT2D eigenvalue weighted by Gasteiger charge is -2.28. The van der Waals surface area contributed by atoms with E-state index in [0.717, 1.165) is 12.8 Å². The largest absolute Gasteiger partial charge is 0.358 e. The minimum absolute atomic E-state index is 0.0300. The van der Waals surface area contributed by atoms with Crippen molar-refractivity contribution in [2.24, 2.45) is 0 Å². The Labute approximate surface area is 103 Å². The van der Waals surface area contributed by atoms with E-state index in [0.29, 0.717) is 13.1 Å². The Hall–Kier alpha value is -1.56. The van der Waals surface area contributed by atoms with Crippen molar-refractivity contribution in [2.45, 2.75) is 18.2 Å². The van der Waals surface area contributed by atoms with Gasteiger partial charge in [-0.25, -0.2) is 4.98 Å². The molecule has 1 amide bonds. The first kappa shape index (κ1) is 11.9. The van der Waals surface area contributed by atoms with Crippen LogP contribution < -0.4 is 0 Å². The zero-order valence-corrected chi connectivity index (χ0v) is 9.81. The Morgan fingerprint density at radius 3 is 2.94 bits per heavy atom. The molecule has 1 atom stereocenters. The number of carbonyl (C=O) groups is 1. The molecule has 1 aliphatic heterocycles. The number of alkyl halides is 1. The number of aromatic amines is 1. The fraction of sp³-hybridized carbons (Fsp3) is 0.500. The van der Waals surface area contributed by atoms with Gasteiger partial charge >= 0.3 is 5.82 Å². The molecule has 0 bridgehead atoms. The van der Waals surface area contributed by atoms with E-state index in [9.17, 15) is 14.9 Å². The average Bonchev–Trinajstić information content (AvgIpc) is 2.77. The second-order valence-corrected chi connectivity index (χ2v) is 4.62. The standard InChI is InChI=1S/C10H12ClN3O3/c11-7-2-1-5-13(6-7)10(15)8-3-4-9(12-8)14(16)17/h3-4,7,12H,1-2,5-6H2.